The van der Waals surface area contributed by atoms with E-state index in [0.29, 0.717) is 31.8 Å². The lowest BCUT2D eigenvalue weighted by Gasteiger charge is -2.31. The Kier molecular flexibility index (Phi) is 6.79. The molecule has 1 aliphatic heterocycles. The fourth-order valence-electron chi connectivity index (χ4n) is 2.98. The first-order valence-electron chi connectivity index (χ1n) is 8.72. The minimum absolute atomic E-state index is 0.00279. The number of carbonyl (C=O) groups is 2. The average molecular weight is 332 g/mol. The lowest BCUT2D eigenvalue weighted by molar-refractivity contribution is -0.138. The van der Waals surface area contributed by atoms with Crippen molar-refractivity contribution < 1.29 is 14.3 Å². The highest BCUT2D eigenvalue weighted by molar-refractivity contribution is 5.92. The van der Waals surface area contributed by atoms with Gasteiger partial charge in [-0.15, -0.1) is 0 Å². The molecule has 0 bridgehead atoms. The minimum atomic E-state index is -0.0363. The van der Waals surface area contributed by atoms with E-state index in [-0.39, 0.29) is 24.3 Å². The van der Waals surface area contributed by atoms with E-state index in [4.69, 9.17) is 4.74 Å². The Morgan fingerprint density at radius 2 is 1.88 bits per heavy atom. The SMILES string of the molecule is CCC(C)c1ccc(NC(=O)C2CCN(C(=O)COC)CC2)cc1. The smallest absolute Gasteiger partial charge is 0.248 e. The Bertz CT molecular complexity index is 548. The highest BCUT2D eigenvalue weighted by atomic mass is 16.5. The van der Waals surface area contributed by atoms with Crippen LogP contribution >= 0.6 is 0 Å². The monoisotopic (exact) mass is 332 g/mol. The molecule has 0 saturated carbocycles. The Morgan fingerprint density at radius 3 is 2.42 bits per heavy atom. The number of rotatable bonds is 6. The molecule has 5 nitrogen and oxygen atoms in total. The van der Waals surface area contributed by atoms with Crippen LogP contribution in [0.3, 0.4) is 0 Å². The predicted octanol–water partition coefficient (Wildman–Crippen LogP) is 3.02. The number of carbonyl (C=O) groups excluding carboxylic acids is 2. The Labute approximate surface area is 144 Å². The van der Waals surface area contributed by atoms with Crippen molar-refractivity contribution in [1.82, 2.24) is 4.90 Å². The number of ether oxygens (including phenoxy) is 1. The summed E-state index contributed by atoms with van der Waals surface area (Å²) in [6, 6.07) is 8.10. The third-order valence-electron chi connectivity index (χ3n) is 4.85. The van der Waals surface area contributed by atoms with Crippen LogP contribution in [-0.4, -0.2) is 43.5 Å². The number of benzene rings is 1. The Hall–Kier alpha value is -1.88. The van der Waals surface area contributed by atoms with Crippen molar-refractivity contribution in [3.05, 3.63) is 29.8 Å². The normalized spacial score (nSPS) is 16.7. The fraction of sp³-hybridized carbons (Fsp3) is 0.579. The zero-order valence-corrected chi connectivity index (χ0v) is 14.9. The molecule has 0 spiro atoms. The van der Waals surface area contributed by atoms with E-state index < -0.39 is 0 Å². The van der Waals surface area contributed by atoms with Crippen LogP contribution in [0.25, 0.3) is 0 Å². The van der Waals surface area contributed by atoms with Gasteiger partial charge in [0.15, 0.2) is 0 Å². The van der Waals surface area contributed by atoms with Crippen molar-refractivity contribution in [1.29, 1.82) is 0 Å². The van der Waals surface area contributed by atoms with Gasteiger partial charge >= 0.3 is 0 Å². The van der Waals surface area contributed by atoms with Crippen molar-refractivity contribution in [2.24, 2.45) is 5.92 Å². The van der Waals surface area contributed by atoms with Gasteiger partial charge in [0.25, 0.3) is 0 Å². The number of methoxy groups -OCH3 is 1. The number of piperidine rings is 1. The Balaban J connectivity index is 1.84. The molecule has 0 aliphatic carbocycles. The second kappa shape index (κ2) is 8.83. The summed E-state index contributed by atoms with van der Waals surface area (Å²) in [4.78, 5) is 26.0. The molecule has 0 aromatic heterocycles. The van der Waals surface area contributed by atoms with E-state index in [2.05, 4.69) is 31.3 Å². The van der Waals surface area contributed by atoms with Gasteiger partial charge in [0, 0.05) is 31.8 Å². The maximum Gasteiger partial charge on any atom is 0.248 e. The summed E-state index contributed by atoms with van der Waals surface area (Å²) >= 11 is 0. The molecule has 1 N–H and O–H groups in total. The number of nitrogens with one attached hydrogen (secondary N) is 1. The summed E-state index contributed by atoms with van der Waals surface area (Å²) in [6.07, 6.45) is 2.50. The van der Waals surface area contributed by atoms with E-state index >= 15 is 0 Å². The zero-order chi connectivity index (χ0) is 17.5. The third kappa shape index (κ3) is 4.81. The maximum atomic E-state index is 12.4. The molecule has 1 aliphatic rings. The summed E-state index contributed by atoms with van der Waals surface area (Å²) < 4.78 is 4.87. The molecule has 1 aromatic rings. The molecule has 132 valence electrons. The van der Waals surface area contributed by atoms with Gasteiger partial charge in [-0.05, 0) is 42.9 Å². The fourth-order valence-corrected chi connectivity index (χ4v) is 2.98. The molecule has 2 amide bonds. The molecule has 24 heavy (non-hydrogen) atoms. The molecule has 1 heterocycles. The van der Waals surface area contributed by atoms with Gasteiger partial charge in [-0.2, -0.15) is 0 Å². The van der Waals surface area contributed by atoms with Crippen molar-refractivity contribution in [2.75, 3.05) is 32.1 Å². The Morgan fingerprint density at radius 1 is 1.25 bits per heavy atom. The molecule has 1 atom stereocenters. The number of anilines is 1. The number of hydrogen-bond donors (Lipinski definition) is 1. The van der Waals surface area contributed by atoms with Crippen LogP contribution in [0.15, 0.2) is 24.3 Å². The first-order valence-corrected chi connectivity index (χ1v) is 8.72. The molecular weight excluding hydrogens is 304 g/mol. The largest absolute Gasteiger partial charge is 0.375 e. The molecule has 5 heteroatoms. The number of hydrogen-bond acceptors (Lipinski definition) is 3. The second-order valence-electron chi connectivity index (χ2n) is 6.51. The molecule has 1 unspecified atom stereocenters. The standard InChI is InChI=1S/C19H28N2O3/c1-4-14(2)15-5-7-17(8-6-15)20-19(23)16-9-11-21(12-10-16)18(22)13-24-3/h5-8,14,16H,4,9-13H2,1-3H3,(H,20,23). The lowest BCUT2D eigenvalue weighted by atomic mass is 9.95. The summed E-state index contributed by atoms with van der Waals surface area (Å²) in [6.45, 7) is 5.72. The summed E-state index contributed by atoms with van der Waals surface area (Å²) in [5, 5.41) is 3.00. The summed E-state index contributed by atoms with van der Waals surface area (Å²) in [5.74, 6) is 0.539. The van der Waals surface area contributed by atoms with Gasteiger partial charge in [-0.25, -0.2) is 0 Å². The number of nitrogens with zero attached hydrogens (tertiary/aromatic N) is 1. The topological polar surface area (TPSA) is 58.6 Å². The third-order valence-corrected chi connectivity index (χ3v) is 4.85. The van der Waals surface area contributed by atoms with E-state index in [1.807, 2.05) is 12.1 Å². The first-order chi connectivity index (χ1) is 11.5. The van der Waals surface area contributed by atoms with Gasteiger partial charge in [0.1, 0.15) is 6.61 Å². The molecule has 1 saturated heterocycles. The first kappa shape index (κ1) is 18.5. The van der Waals surface area contributed by atoms with Crippen molar-refractivity contribution >= 4 is 17.5 Å². The predicted molar refractivity (Wildman–Crippen MR) is 95.0 cm³/mol. The number of amides is 2. The van der Waals surface area contributed by atoms with E-state index in [1.165, 1.54) is 12.7 Å². The van der Waals surface area contributed by atoms with Gasteiger partial charge in [-0.3, -0.25) is 9.59 Å². The highest BCUT2D eigenvalue weighted by Crippen LogP contribution is 2.22. The summed E-state index contributed by atoms with van der Waals surface area (Å²) in [7, 11) is 1.52. The van der Waals surface area contributed by atoms with Crippen molar-refractivity contribution in [3.8, 4) is 0 Å². The van der Waals surface area contributed by atoms with Gasteiger partial charge < -0.3 is 15.0 Å². The van der Waals surface area contributed by atoms with Crippen LogP contribution in [0.2, 0.25) is 0 Å². The zero-order valence-electron chi connectivity index (χ0n) is 14.9. The molecule has 2 rings (SSSR count). The van der Waals surface area contributed by atoms with Crippen LogP contribution < -0.4 is 5.32 Å². The molecule has 0 radical (unpaired) electrons. The van der Waals surface area contributed by atoms with Gasteiger partial charge in [0.2, 0.25) is 11.8 Å². The average Bonchev–Trinajstić information content (AvgIpc) is 2.62. The van der Waals surface area contributed by atoms with E-state index in [1.54, 1.807) is 4.90 Å². The van der Waals surface area contributed by atoms with Gasteiger partial charge in [-0.1, -0.05) is 26.0 Å². The maximum absolute atomic E-state index is 12.4. The van der Waals surface area contributed by atoms with Crippen LogP contribution in [0, 0.1) is 5.92 Å². The summed E-state index contributed by atoms with van der Waals surface area (Å²) in [5.41, 5.74) is 2.13. The number of likely N-dealkylation sites (tertiary alicyclic amines) is 1. The van der Waals surface area contributed by atoms with Crippen LogP contribution in [0.1, 0.15) is 44.6 Å². The molecular formula is C19H28N2O3. The minimum Gasteiger partial charge on any atom is -0.375 e. The van der Waals surface area contributed by atoms with Crippen molar-refractivity contribution in [3.63, 3.8) is 0 Å². The van der Waals surface area contributed by atoms with E-state index in [9.17, 15) is 9.59 Å². The van der Waals surface area contributed by atoms with E-state index in [0.717, 1.165) is 12.1 Å². The molecule has 1 fully saturated rings. The lowest BCUT2D eigenvalue weighted by Crippen LogP contribution is -2.42. The van der Waals surface area contributed by atoms with Crippen LogP contribution in [-0.2, 0) is 14.3 Å². The van der Waals surface area contributed by atoms with Crippen molar-refractivity contribution in [2.45, 2.75) is 39.0 Å². The molecule has 1 aromatic carbocycles. The highest BCUT2D eigenvalue weighted by Gasteiger charge is 2.27. The van der Waals surface area contributed by atoms with Crippen LogP contribution in [0.5, 0.6) is 0 Å². The quantitative estimate of drug-likeness (QED) is 0.871. The van der Waals surface area contributed by atoms with Crippen LogP contribution in [0.4, 0.5) is 5.69 Å². The second-order valence-corrected chi connectivity index (χ2v) is 6.51. The van der Waals surface area contributed by atoms with Gasteiger partial charge in [0.05, 0.1) is 0 Å².